The predicted octanol–water partition coefficient (Wildman–Crippen LogP) is 5.29. The van der Waals surface area contributed by atoms with E-state index in [1.807, 2.05) is 52.0 Å². The highest BCUT2D eigenvalue weighted by atomic mass is 32.2. The highest BCUT2D eigenvalue weighted by Crippen LogP contribution is 2.43. The monoisotopic (exact) mass is 400 g/mol. The van der Waals surface area contributed by atoms with Gasteiger partial charge in [-0.3, -0.25) is 14.5 Å². The van der Waals surface area contributed by atoms with Crippen molar-refractivity contribution < 1.29 is 14.0 Å². The summed E-state index contributed by atoms with van der Waals surface area (Å²) in [4.78, 5) is 26.3. The van der Waals surface area contributed by atoms with Gasteiger partial charge in [0, 0.05) is 12.1 Å². The molecule has 1 saturated heterocycles. The molecule has 1 fully saturated rings. The van der Waals surface area contributed by atoms with Crippen LogP contribution >= 0.6 is 11.8 Å². The molecule has 0 saturated carbocycles. The minimum atomic E-state index is -0.416. The first-order valence-corrected chi connectivity index (χ1v) is 10.3. The smallest absolute Gasteiger partial charge is 0.238 e. The maximum atomic E-state index is 14.4. The maximum absolute atomic E-state index is 14.4. The SMILES string of the molecule is Cc1ccc(F)c(N2C(=O)CS[C@H]2c2cccc(NC(=O)CC(C)(C)C)c2)c1. The lowest BCUT2D eigenvalue weighted by molar-refractivity contribution is -0.118. The highest BCUT2D eigenvalue weighted by Gasteiger charge is 2.35. The largest absolute Gasteiger partial charge is 0.326 e. The molecule has 2 amide bonds. The second kappa shape index (κ2) is 7.95. The third-order valence-electron chi connectivity index (χ3n) is 4.38. The lowest BCUT2D eigenvalue weighted by Gasteiger charge is -2.25. The van der Waals surface area contributed by atoms with Gasteiger partial charge in [0.1, 0.15) is 11.2 Å². The molecule has 0 unspecified atom stereocenters. The van der Waals surface area contributed by atoms with Crippen molar-refractivity contribution in [1.82, 2.24) is 0 Å². The number of hydrogen-bond donors (Lipinski definition) is 1. The zero-order valence-electron chi connectivity index (χ0n) is 16.6. The fourth-order valence-electron chi connectivity index (χ4n) is 3.20. The van der Waals surface area contributed by atoms with Crippen LogP contribution in [0.25, 0.3) is 0 Å². The molecule has 2 aromatic carbocycles. The summed E-state index contributed by atoms with van der Waals surface area (Å²) in [5.41, 5.74) is 2.61. The van der Waals surface area contributed by atoms with Gasteiger partial charge in [-0.05, 0) is 47.7 Å². The van der Waals surface area contributed by atoms with E-state index in [-0.39, 0.29) is 22.6 Å². The molecular weight excluding hydrogens is 375 g/mol. The summed E-state index contributed by atoms with van der Waals surface area (Å²) in [7, 11) is 0. The van der Waals surface area contributed by atoms with Crippen molar-refractivity contribution in [1.29, 1.82) is 0 Å². The summed E-state index contributed by atoms with van der Waals surface area (Å²) >= 11 is 1.46. The van der Waals surface area contributed by atoms with Crippen molar-refractivity contribution in [3.63, 3.8) is 0 Å². The van der Waals surface area contributed by atoms with Crippen LogP contribution in [-0.2, 0) is 9.59 Å². The Morgan fingerprint density at radius 2 is 2.00 bits per heavy atom. The van der Waals surface area contributed by atoms with Crippen molar-refractivity contribution in [3.05, 3.63) is 59.4 Å². The molecule has 1 aliphatic rings. The van der Waals surface area contributed by atoms with Gasteiger partial charge in [-0.15, -0.1) is 11.8 Å². The molecule has 0 aliphatic carbocycles. The van der Waals surface area contributed by atoms with Crippen LogP contribution in [0.2, 0.25) is 0 Å². The number of anilines is 2. The molecule has 1 aliphatic heterocycles. The Morgan fingerprint density at radius 1 is 1.25 bits per heavy atom. The van der Waals surface area contributed by atoms with Crippen molar-refractivity contribution in [2.75, 3.05) is 16.0 Å². The van der Waals surface area contributed by atoms with Gasteiger partial charge < -0.3 is 5.32 Å². The van der Waals surface area contributed by atoms with Crippen LogP contribution in [0.5, 0.6) is 0 Å². The fraction of sp³-hybridized carbons (Fsp3) is 0.364. The molecule has 0 aromatic heterocycles. The van der Waals surface area contributed by atoms with Gasteiger partial charge in [0.2, 0.25) is 11.8 Å². The first-order valence-electron chi connectivity index (χ1n) is 9.24. The van der Waals surface area contributed by atoms with Gasteiger partial charge in [0.25, 0.3) is 0 Å². The van der Waals surface area contributed by atoms with Gasteiger partial charge in [0.05, 0.1) is 11.4 Å². The number of benzene rings is 2. The number of carbonyl (C=O) groups excluding carboxylic acids is 2. The van der Waals surface area contributed by atoms with Crippen LogP contribution in [0.3, 0.4) is 0 Å². The van der Waals surface area contributed by atoms with E-state index in [1.54, 1.807) is 12.1 Å². The van der Waals surface area contributed by atoms with E-state index in [1.165, 1.54) is 22.7 Å². The molecule has 1 atom stereocenters. The number of aryl methyl sites for hydroxylation is 1. The second-order valence-electron chi connectivity index (χ2n) is 8.29. The van der Waals surface area contributed by atoms with Gasteiger partial charge in [-0.1, -0.05) is 39.0 Å². The van der Waals surface area contributed by atoms with Crippen LogP contribution in [0.15, 0.2) is 42.5 Å². The molecule has 2 aromatic rings. The summed E-state index contributed by atoms with van der Waals surface area (Å²) in [6.45, 7) is 7.91. The van der Waals surface area contributed by atoms with Gasteiger partial charge in [-0.25, -0.2) is 4.39 Å². The van der Waals surface area contributed by atoms with Crippen LogP contribution in [0.1, 0.15) is 43.7 Å². The number of nitrogens with zero attached hydrogens (tertiary/aromatic N) is 1. The zero-order chi connectivity index (χ0) is 20.5. The molecule has 148 valence electrons. The van der Waals surface area contributed by atoms with Crippen molar-refractivity contribution in [2.24, 2.45) is 5.41 Å². The van der Waals surface area contributed by atoms with Crippen LogP contribution in [-0.4, -0.2) is 17.6 Å². The van der Waals surface area contributed by atoms with Gasteiger partial charge >= 0.3 is 0 Å². The first-order chi connectivity index (χ1) is 13.1. The summed E-state index contributed by atoms with van der Waals surface area (Å²) in [6, 6.07) is 12.2. The van der Waals surface area contributed by atoms with Gasteiger partial charge in [-0.2, -0.15) is 0 Å². The first kappa shape index (κ1) is 20.4. The standard InChI is InChI=1S/C22H25FN2O2S/c1-14-8-9-17(23)18(10-14)25-20(27)13-28-21(25)15-6-5-7-16(11-15)24-19(26)12-22(2,3)4/h5-11,21H,12-13H2,1-4H3,(H,24,26)/t21-/m0/s1. The quantitative estimate of drug-likeness (QED) is 0.759. The number of amides is 2. The second-order valence-corrected chi connectivity index (χ2v) is 9.36. The van der Waals surface area contributed by atoms with E-state index in [0.29, 0.717) is 23.5 Å². The summed E-state index contributed by atoms with van der Waals surface area (Å²) < 4.78 is 14.4. The van der Waals surface area contributed by atoms with E-state index < -0.39 is 5.82 Å². The molecule has 0 spiro atoms. The van der Waals surface area contributed by atoms with Crippen molar-refractivity contribution in [2.45, 2.75) is 39.5 Å². The topological polar surface area (TPSA) is 49.4 Å². The lowest BCUT2D eigenvalue weighted by Crippen LogP contribution is -2.28. The van der Waals surface area contributed by atoms with E-state index in [2.05, 4.69) is 5.32 Å². The van der Waals surface area contributed by atoms with Crippen LogP contribution in [0.4, 0.5) is 15.8 Å². The average Bonchev–Trinajstić information content (AvgIpc) is 2.97. The summed E-state index contributed by atoms with van der Waals surface area (Å²) in [5.74, 6) is -0.303. The Labute approximate surface area is 169 Å². The van der Waals surface area contributed by atoms with Gasteiger partial charge in [0.15, 0.2) is 0 Å². The fourth-order valence-corrected chi connectivity index (χ4v) is 4.35. The molecule has 4 nitrogen and oxygen atoms in total. The van der Waals surface area contributed by atoms with E-state index in [9.17, 15) is 14.0 Å². The number of nitrogens with one attached hydrogen (secondary N) is 1. The molecule has 0 radical (unpaired) electrons. The third kappa shape index (κ3) is 4.73. The molecule has 3 rings (SSSR count). The summed E-state index contributed by atoms with van der Waals surface area (Å²) in [6.07, 6.45) is 0.411. The molecule has 1 N–H and O–H groups in total. The highest BCUT2D eigenvalue weighted by molar-refractivity contribution is 8.00. The van der Waals surface area contributed by atoms with E-state index in [4.69, 9.17) is 0 Å². The normalized spacial score (nSPS) is 17.1. The van der Waals surface area contributed by atoms with Crippen molar-refractivity contribution in [3.8, 4) is 0 Å². The molecule has 0 bridgehead atoms. The molecule has 28 heavy (non-hydrogen) atoms. The van der Waals surface area contributed by atoms with E-state index >= 15 is 0 Å². The Hall–Kier alpha value is -2.34. The maximum Gasteiger partial charge on any atom is 0.238 e. The van der Waals surface area contributed by atoms with Crippen LogP contribution in [0, 0.1) is 18.2 Å². The predicted molar refractivity (Wildman–Crippen MR) is 113 cm³/mol. The number of rotatable bonds is 4. The number of carbonyl (C=O) groups is 2. The molecule has 1 heterocycles. The Bertz CT molecular complexity index is 908. The zero-order valence-corrected chi connectivity index (χ0v) is 17.4. The molecule has 6 heteroatoms. The lowest BCUT2D eigenvalue weighted by atomic mass is 9.92. The number of thioether (sulfide) groups is 1. The average molecular weight is 401 g/mol. The third-order valence-corrected chi connectivity index (χ3v) is 5.59. The number of halogens is 1. The Kier molecular flexibility index (Phi) is 5.79. The Morgan fingerprint density at radius 3 is 2.71 bits per heavy atom. The van der Waals surface area contributed by atoms with Crippen LogP contribution < -0.4 is 10.2 Å². The number of hydrogen-bond acceptors (Lipinski definition) is 3. The summed E-state index contributed by atoms with van der Waals surface area (Å²) in [5, 5.41) is 2.59. The van der Waals surface area contributed by atoms with E-state index in [0.717, 1.165) is 11.1 Å². The Balaban J connectivity index is 1.87. The minimum absolute atomic E-state index is 0.0543. The van der Waals surface area contributed by atoms with Crippen molar-refractivity contribution >= 4 is 35.0 Å². The molecular formula is C22H25FN2O2S. The minimum Gasteiger partial charge on any atom is -0.326 e.